The molecule has 0 bridgehead atoms. The Kier molecular flexibility index (Phi) is 1.88. The maximum absolute atomic E-state index is 4.62. The van der Waals surface area contributed by atoms with Gasteiger partial charge < -0.3 is 4.40 Å². The molecule has 0 saturated carbocycles. The number of aryl methyl sites for hydroxylation is 1. The van der Waals surface area contributed by atoms with Crippen molar-refractivity contribution < 1.29 is 0 Å². The molecule has 0 amide bonds. The third kappa shape index (κ3) is 1.31. The zero-order valence-corrected chi connectivity index (χ0v) is 9.20. The summed E-state index contributed by atoms with van der Waals surface area (Å²) in [6, 6.07) is 6.21. The summed E-state index contributed by atoms with van der Waals surface area (Å²) in [6.07, 6.45) is 2.08. The van der Waals surface area contributed by atoms with Gasteiger partial charge in [-0.25, -0.2) is 4.98 Å². The van der Waals surface area contributed by atoms with E-state index in [1.54, 1.807) is 0 Å². The second kappa shape index (κ2) is 2.84. The van der Waals surface area contributed by atoms with E-state index < -0.39 is 0 Å². The number of pyridine rings is 1. The predicted molar refractivity (Wildman–Crippen MR) is 58.6 cm³/mol. The van der Waals surface area contributed by atoms with Gasteiger partial charge in [0, 0.05) is 11.6 Å². The van der Waals surface area contributed by atoms with Gasteiger partial charge in [0.15, 0.2) is 0 Å². The molecular formula is C12H16N2. The number of rotatable bonds is 0. The van der Waals surface area contributed by atoms with Gasteiger partial charge in [-0.1, -0.05) is 26.8 Å². The summed E-state index contributed by atoms with van der Waals surface area (Å²) in [5, 5.41) is 0. The molecule has 0 aliphatic carbocycles. The van der Waals surface area contributed by atoms with Crippen LogP contribution in [0.25, 0.3) is 5.52 Å². The third-order valence-corrected chi connectivity index (χ3v) is 2.40. The van der Waals surface area contributed by atoms with Crippen LogP contribution in [0.3, 0.4) is 0 Å². The van der Waals surface area contributed by atoms with E-state index in [9.17, 15) is 0 Å². The topological polar surface area (TPSA) is 17.3 Å². The van der Waals surface area contributed by atoms with Crippen molar-refractivity contribution in [2.45, 2.75) is 33.1 Å². The van der Waals surface area contributed by atoms with Gasteiger partial charge in [0.25, 0.3) is 0 Å². The SMILES string of the molecule is Cc1nc(C(C)(C)C)n2ccccc12. The number of nitrogens with zero attached hydrogens (tertiary/aromatic N) is 2. The lowest BCUT2D eigenvalue weighted by molar-refractivity contribution is 0.542. The highest BCUT2D eigenvalue weighted by Crippen LogP contribution is 2.23. The lowest BCUT2D eigenvalue weighted by Gasteiger charge is -2.16. The number of imidazole rings is 1. The Balaban J connectivity index is 2.80. The monoisotopic (exact) mass is 188 g/mol. The van der Waals surface area contributed by atoms with E-state index in [1.807, 2.05) is 6.07 Å². The molecule has 0 saturated heterocycles. The summed E-state index contributed by atoms with van der Waals surface area (Å²) >= 11 is 0. The van der Waals surface area contributed by atoms with Crippen LogP contribution in [-0.4, -0.2) is 9.38 Å². The van der Waals surface area contributed by atoms with E-state index in [-0.39, 0.29) is 5.41 Å². The summed E-state index contributed by atoms with van der Waals surface area (Å²) in [6.45, 7) is 8.63. The van der Waals surface area contributed by atoms with Gasteiger partial charge in [0.2, 0.25) is 0 Å². The third-order valence-electron chi connectivity index (χ3n) is 2.40. The number of hydrogen-bond donors (Lipinski definition) is 0. The van der Waals surface area contributed by atoms with E-state index in [1.165, 1.54) is 5.52 Å². The minimum Gasteiger partial charge on any atom is -0.303 e. The van der Waals surface area contributed by atoms with Crippen molar-refractivity contribution in [2.75, 3.05) is 0 Å². The first kappa shape index (κ1) is 9.25. The van der Waals surface area contributed by atoms with Crippen LogP contribution in [0.5, 0.6) is 0 Å². The highest BCUT2D eigenvalue weighted by molar-refractivity contribution is 5.53. The molecule has 2 rings (SSSR count). The molecule has 0 aromatic carbocycles. The van der Waals surface area contributed by atoms with Gasteiger partial charge in [0.1, 0.15) is 5.82 Å². The summed E-state index contributed by atoms with van der Waals surface area (Å²) in [4.78, 5) is 4.62. The summed E-state index contributed by atoms with van der Waals surface area (Å²) < 4.78 is 2.18. The molecule has 14 heavy (non-hydrogen) atoms. The Labute approximate surface area is 84.6 Å². The van der Waals surface area contributed by atoms with Crippen LogP contribution < -0.4 is 0 Å². The fourth-order valence-corrected chi connectivity index (χ4v) is 1.72. The van der Waals surface area contributed by atoms with Crippen LogP contribution in [0, 0.1) is 6.92 Å². The molecule has 0 fully saturated rings. The van der Waals surface area contributed by atoms with Crippen LogP contribution in [0.1, 0.15) is 32.3 Å². The molecule has 0 radical (unpaired) electrons. The second-order valence-corrected chi connectivity index (χ2v) is 4.73. The van der Waals surface area contributed by atoms with E-state index in [2.05, 4.69) is 55.4 Å². The van der Waals surface area contributed by atoms with Crippen molar-refractivity contribution in [3.05, 3.63) is 35.9 Å². The average Bonchev–Trinajstić information content (AvgIpc) is 2.44. The summed E-state index contributed by atoms with van der Waals surface area (Å²) in [5.41, 5.74) is 2.41. The molecule has 2 heterocycles. The predicted octanol–water partition coefficient (Wildman–Crippen LogP) is 2.94. The summed E-state index contributed by atoms with van der Waals surface area (Å²) in [7, 11) is 0. The number of fused-ring (bicyclic) bond motifs is 1. The lowest BCUT2D eigenvalue weighted by atomic mass is 9.96. The smallest absolute Gasteiger partial charge is 0.118 e. The molecule has 2 nitrogen and oxygen atoms in total. The largest absolute Gasteiger partial charge is 0.303 e. The highest BCUT2D eigenvalue weighted by Gasteiger charge is 2.20. The first-order valence-electron chi connectivity index (χ1n) is 4.94. The van der Waals surface area contributed by atoms with E-state index in [4.69, 9.17) is 0 Å². The molecule has 2 aromatic heterocycles. The molecule has 74 valence electrons. The average molecular weight is 188 g/mol. The Morgan fingerprint density at radius 2 is 1.93 bits per heavy atom. The Morgan fingerprint density at radius 3 is 2.57 bits per heavy atom. The van der Waals surface area contributed by atoms with Crippen LogP contribution >= 0.6 is 0 Å². The highest BCUT2D eigenvalue weighted by atomic mass is 15.0. The molecule has 2 aromatic rings. The molecule has 0 N–H and O–H groups in total. The second-order valence-electron chi connectivity index (χ2n) is 4.73. The van der Waals surface area contributed by atoms with Crippen molar-refractivity contribution in [2.24, 2.45) is 0 Å². The van der Waals surface area contributed by atoms with Crippen molar-refractivity contribution >= 4 is 5.52 Å². The van der Waals surface area contributed by atoms with Gasteiger partial charge >= 0.3 is 0 Å². The fraction of sp³-hybridized carbons (Fsp3) is 0.417. The molecule has 0 atom stereocenters. The Morgan fingerprint density at radius 1 is 1.21 bits per heavy atom. The zero-order chi connectivity index (χ0) is 10.3. The zero-order valence-electron chi connectivity index (χ0n) is 9.20. The van der Waals surface area contributed by atoms with Gasteiger partial charge in [0.05, 0.1) is 11.2 Å². The minimum atomic E-state index is 0.0958. The maximum atomic E-state index is 4.62. The molecule has 0 unspecified atom stereocenters. The molecule has 0 aliphatic rings. The maximum Gasteiger partial charge on any atom is 0.118 e. The number of aromatic nitrogens is 2. The van der Waals surface area contributed by atoms with Crippen LogP contribution in [-0.2, 0) is 5.41 Å². The normalized spacial score (nSPS) is 12.3. The minimum absolute atomic E-state index is 0.0958. The van der Waals surface area contributed by atoms with E-state index in [0.29, 0.717) is 0 Å². The van der Waals surface area contributed by atoms with Gasteiger partial charge in [-0.3, -0.25) is 0 Å². The number of hydrogen-bond acceptors (Lipinski definition) is 1. The van der Waals surface area contributed by atoms with Gasteiger partial charge in [-0.05, 0) is 19.1 Å². The van der Waals surface area contributed by atoms with Crippen LogP contribution in [0.4, 0.5) is 0 Å². The van der Waals surface area contributed by atoms with Crippen LogP contribution in [0.15, 0.2) is 24.4 Å². The first-order chi connectivity index (χ1) is 6.50. The Bertz CT molecular complexity index is 461. The van der Waals surface area contributed by atoms with Gasteiger partial charge in [-0.15, -0.1) is 0 Å². The fourth-order valence-electron chi connectivity index (χ4n) is 1.72. The molecular weight excluding hydrogens is 172 g/mol. The van der Waals surface area contributed by atoms with Crippen molar-refractivity contribution in [3.8, 4) is 0 Å². The quantitative estimate of drug-likeness (QED) is 0.621. The van der Waals surface area contributed by atoms with Crippen molar-refractivity contribution in [1.82, 2.24) is 9.38 Å². The van der Waals surface area contributed by atoms with Gasteiger partial charge in [-0.2, -0.15) is 0 Å². The van der Waals surface area contributed by atoms with Crippen molar-refractivity contribution in [1.29, 1.82) is 0 Å². The molecule has 2 heteroatoms. The van der Waals surface area contributed by atoms with E-state index in [0.717, 1.165) is 11.5 Å². The first-order valence-corrected chi connectivity index (χ1v) is 4.94. The Hall–Kier alpha value is -1.31. The molecule has 0 aliphatic heterocycles. The molecule has 0 spiro atoms. The van der Waals surface area contributed by atoms with Crippen molar-refractivity contribution in [3.63, 3.8) is 0 Å². The lowest BCUT2D eigenvalue weighted by Crippen LogP contribution is -2.15. The van der Waals surface area contributed by atoms with Crippen LogP contribution in [0.2, 0.25) is 0 Å². The van der Waals surface area contributed by atoms with E-state index >= 15 is 0 Å². The summed E-state index contributed by atoms with van der Waals surface area (Å²) in [5.74, 6) is 1.13. The standard InChI is InChI=1S/C12H16N2/c1-9-10-7-5-6-8-14(10)11(13-9)12(2,3)4/h5-8H,1-4H3.